The van der Waals surface area contributed by atoms with Gasteiger partial charge < -0.3 is 19.3 Å². The molecule has 2 aromatic carbocycles. The van der Waals surface area contributed by atoms with E-state index >= 15 is 0 Å². The number of thiazole rings is 1. The lowest BCUT2D eigenvalue weighted by atomic mass is 9.95. The number of carbonyl (C=O) groups excluding carboxylic acids is 3. The molecular formula is C30H32N2O7S. The summed E-state index contributed by atoms with van der Waals surface area (Å²) in [6.07, 6.45) is 0.856. The van der Waals surface area contributed by atoms with Crippen LogP contribution in [0.1, 0.15) is 59.7 Å². The topological polar surface area (TPSA) is 115 Å². The van der Waals surface area contributed by atoms with E-state index in [1.54, 1.807) is 49.4 Å². The Kier molecular flexibility index (Phi) is 8.58. The van der Waals surface area contributed by atoms with Gasteiger partial charge in [-0.2, -0.15) is 0 Å². The lowest BCUT2D eigenvalue weighted by molar-refractivity contribution is -0.132. The van der Waals surface area contributed by atoms with E-state index in [2.05, 4.69) is 18.8 Å². The summed E-state index contributed by atoms with van der Waals surface area (Å²) in [4.78, 5) is 45.2. The van der Waals surface area contributed by atoms with Crippen LogP contribution >= 0.6 is 11.3 Å². The summed E-state index contributed by atoms with van der Waals surface area (Å²) in [5, 5.41) is 11.6. The van der Waals surface area contributed by atoms with Gasteiger partial charge in [-0.3, -0.25) is 19.3 Å². The number of aromatic nitrogens is 1. The Hall–Kier alpha value is -4.18. The number of ether oxygens (including phenoxy) is 3. The highest BCUT2D eigenvalue weighted by Crippen LogP contribution is 2.45. The van der Waals surface area contributed by atoms with Gasteiger partial charge in [-0.1, -0.05) is 31.3 Å². The molecule has 0 bridgehead atoms. The predicted octanol–water partition coefficient (Wildman–Crippen LogP) is 5.72. The molecule has 1 aliphatic heterocycles. The average molecular weight is 565 g/mol. The van der Waals surface area contributed by atoms with E-state index in [1.807, 2.05) is 0 Å². The number of carbonyl (C=O) groups is 3. The second kappa shape index (κ2) is 11.9. The summed E-state index contributed by atoms with van der Waals surface area (Å²) in [5.41, 5.74) is 1.18. The molecule has 3 aromatic rings. The van der Waals surface area contributed by atoms with Crippen molar-refractivity contribution in [2.24, 2.45) is 5.92 Å². The summed E-state index contributed by atoms with van der Waals surface area (Å²) >= 11 is 1.03. The number of ketones is 2. The van der Waals surface area contributed by atoms with E-state index < -0.39 is 17.7 Å². The Morgan fingerprint density at radius 3 is 2.35 bits per heavy atom. The van der Waals surface area contributed by atoms with Gasteiger partial charge in [0.15, 0.2) is 22.4 Å². The highest BCUT2D eigenvalue weighted by molar-refractivity contribution is 7.18. The van der Waals surface area contributed by atoms with Crippen LogP contribution in [-0.4, -0.2) is 48.4 Å². The number of amides is 1. The van der Waals surface area contributed by atoms with Crippen LogP contribution in [0, 0.1) is 12.8 Å². The van der Waals surface area contributed by atoms with Crippen LogP contribution < -0.4 is 19.1 Å². The first-order valence-corrected chi connectivity index (χ1v) is 13.6. The number of benzene rings is 2. The van der Waals surface area contributed by atoms with Gasteiger partial charge in [0.2, 0.25) is 0 Å². The molecule has 1 amide bonds. The van der Waals surface area contributed by atoms with Crippen LogP contribution in [0.5, 0.6) is 17.2 Å². The van der Waals surface area contributed by atoms with Crippen molar-refractivity contribution in [2.45, 2.75) is 40.2 Å². The number of aryl methyl sites for hydroxylation is 1. The molecule has 1 fully saturated rings. The molecule has 0 aliphatic carbocycles. The van der Waals surface area contributed by atoms with E-state index in [0.717, 1.165) is 17.8 Å². The Labute approximate surface area is 237 Å². The van der Waals surface area contributed by atoms with Gasteiger partial charge >= 0.3 is 5.91 Å². The van der Waals surface area contributed by atoms with Crippen molar-refractivity contribution in [3.8, 4) is 17.2 Å². The molecule has 0 spiro atoms. The van der Waals surface area contributed by atoms with Crippen LogP contribution in [0.2, 0.25) is 0 Å². The maximum absolute atomic E-state index is 13.5. The van der Waals surface area contributed by atoms with E-state index in [0.29, 0.717) is 51.5 Å². The monoisotopic (exact) mass is 564 g/mol. The molecule has 210 valence electrons. The number of aliphatic hydroxyl groups excluding tert-OH is 1. The Morgan fingerprint density at radius 1 is 1.07 bits per heavy atom. The molecule has 0 radical (unpaired) electrons. The van der Waals surface area contributed by atoms with E-state index in [-0.39, 0.29) is 22.2 Å². The molecule has 40 heavy (non-hydrogen) atoms. The zero-order chi connectivity index (χ0) is 29.1. The summed E-state index contributed by atoms with van der Waals surface area (Å²) in [6.45, 7) is 7.80. The standard InChI is InChI=1S/C30H32N2O7S/c1-16(2)13-14-39-22-12-9-20(15-23(22)38-6)25-24(26(34)19-7-10-21(37-5)11-8-19)27(35)29(36)32(25)30-31-17(3)28(40-30)18(4)33/h7-12,15-16,25,34H,13-14H2,1-6H3/b26-24+. The van der Waals surface area contributed by atoms with E-state index in [9.17, 15) is 19.5 Å². The largest absolute Gasteiger partial charge is 0.507 e. The van der Waals surface area contributed by atoms with Crippen LogP contribution in [0.3, 0.4) is 0 Å². The van der Waals surface area contributed by atoms with Crippen molar-refractivity contribution < 1.29 is 33.7 Å². The van der Waals surface area contributed by atoms with Crippen LogP contribution in [-0.2, 0) is 9.59 Å². The van der Waals surface area contributed by atoms with E-state index in [4.69, 9.17) is 14.2 Å². The molecule has 9 nitrogen and oxygen atoms in total. The highest BCUT2D eigenvalue weighted by Gasteiger charge is 2.48. The van der Waals surface area contributed by atoms with Gasteiger partial charge in [-0.15, -0.1) is 0 Å². The summed E-state index contributed by atoms with van der Waals surface area (Å²) in [5.74, 6) is -0.307. The van der Waals surface area contributed by atoms with Gasteiger partial charge in [-0.25, -0.2) is 4.98 Å². The van der Waals surface area contributed by atoms with Gasteiger partial charge in [0.1, 0.15) is 11.5 Å². The number of anilines is 1. The van der Waals surface area contributed by atoms with Crippen molar-refractivity contribution in [1.29, 1.82) is 0 Å². The number of Topliss-reactive ketones (excluding diaryl/α,β-unsaturated/α-hetero) is 2. The molecule has 10 heteroatoms. The maximum atomic E-state index is 13.5. The SMILES string of the molecule is COc1ccc(/C(O)=C2\C(=O)C(=O)N(c3nc(C)c(C(C)=O)s3)C2c2ccc(OCCC(C)C)c(OC)c2)cc1. The number of hydrogen-bond donors (Lipinski definition) is 1. The molecule has 4 rings (SSSR count). The first-order chi connectivity index (χ1) is 19.1. The van der Waals surface area contributed by atoms with Gasteiger partial charge in [-0.05, 0) is 61.2 Å². The second-order valence-corrected chi connectivity index (χ2v) is 10.8. The van der Waals surface area contributed by atoms with Gasteiger partial charge in [0.05, 0.1) is 43.0 Å². The maximum Gasteiger partial charge on any atom is 0.301 e. The fraction of sp³-hybridized carbons (Fsp3) is 0.333. The summed E-state index contributed by atoms with van der Waals surface area (Å²) < 4.78 is 16.7. The molecule has 1 unspecified atom stereocenters. The molecule has 1 aliphatic rings. The predicted molar refractivity (Wildman–Crippen MR) is 153 cm³/mol. The molecule has 1 N–H and O–H groups in total. The summed E-state index contributed by atoms with van der Waals surface area (Å²) in [7, 11) is 3.03. The second-order valence-electron chi connectivity index (χ2n) is 9.81. The first kappa shape index (κ1) is 28.8. The highest BCUT2D eigenvalue weighted by atomic mass is 32.1. The Bertz CT molecular complexity index is 1470. The molecule has 2 heterocycles. The zero-order valence-electron chi connectivity index (χ0n) is 23.3. The van der Waals surface area contributed by atoms with Crippen molar-refractivity contribution in [3.05, 3.63) is 69.7 Å². The van der Waals surface area contributed by atoms with Crippen LogP contribution in [0.15, 0.2) is 48.0 Å². The third-order valence-corrected chi connectivity index (χ3v) is 7.83. The smallest absolute Gasteiger partial charge is 0.301 e. The number of methoxy groups -OCH3 is 2. The minimum Gasteiger partial charge on any atom is -0.507 e. The molecule has 1 aromatic heterocycles. The third-order valence-electron chi connectivity index (χ3n) is 6.58. The fourth-order valence-corrected chi connectivity index (χ4v) is 5.43. The first-order valence-electron chi connectivity index (χ1n) is 12.8. The normalized spacial score (nSPS) is 16.5. The lowest BCUT2D eigenvalue weighted by Crippen LogP contribution is -2.29. The van der Waals surface area contributed by atoms with Crippen molar-refractivity contribution in [1.82, 2.24) is 4.98 Å². The minimum atomic E-state index is -1.04. The van der Waals surface area contributed by atoms with Crippen molar-refractivity contribution >= 4 is 39.7 Å². The average Bonchev–Trinajstić information content (AvgIpc) is 3.44. The van der Waals surface area contributed by atoms with Crippen LogP contribution in [0.4, 0.5) is 5.13 Å². The number of hydrogen-bond acceptors (Lipinski definition) is 9. The quantitative estimate of drug-likeness (QED) is 0.144. The molecule has 0 saturated carbocycles. The third kappa shape index (κ3) is 5.58. The Balaban J connectivity index is 1.88. The number of nitrogens with zero attached hydrogens (tertiary/aromatic N) is 2. The molecule has 1 atom stereocenters. The molecule has 1 saturated heterocycles. The molecular weight excluding hydrogens is 532 g/mol. The minimum absolute atomic E-state index is 0.108. The summed E-state index contributed by atoms with van der Waals surface area (Å²) in [6, 6.07) is 10.6. The number of rotatable bonds is 10. The number of aliphatic hydroxyl groups is 1. The Morgan fingerprint density at radius 2 is 1.77 bits per heavy atom. The van der Waals surface area contributed by atoms with Crippen molar-refractivity contribution in [2.75, 3.05) is 25.7 Å². The van der Waals surface area contributed by atoms with Crippen LogP contribution in [0.25, 0.3) is 5.76 Å². The zero-order valence-corrected chi connectivity index (χ0v) is 24.1. The van der Waals surface area contributed by atoms with Gasteiger partial charge in [0, 0.05) is 12.5 Å². The van der Waals surface area contributed by atoms with E-state index in [1.165, 1.54) is 26.0 Å². The fourth-order valence-electron chi connectivity index (χ4n) is 4.44. The van der Waals surface area contributed by atoms with Crippen molar-refractivity contribution in [3.63, 3.8) is 0 Å². The van der Waals surface area contributed by atoms with Gasteiger partial charge in [0.25, 0.3) is 5.78 Å². The lowest BCUT2D eigenvalue weighted by Gasteiger charge is -2.24.